The molecule has 1 aromatic heterocycles. The van der Waals surface area contributed by atoms with Crippen molar-refractivity contribution in [3.63, 3.8) is 0 Å². The van der Waals surface area contributed by atoms with Gasteiger partial charge in [0.25, 0.3) is 0 Å². The first kappa shape index (κ1) is 15.0. The van der Waals surface area contributed by atoms with Gasteiger partial charge in [0.15, 0.2) is 0 Å². The zero-order chi connectivity index (χ0) is 15.1. The lowest BCUT2D eigenvalue weighted by Crippen LogP contribution is -2.13. The molecule has 0 aliphatic rings. The highest BCUT2D eigenvalue weighted by atomic mass is 35.5. The second-order valence-electron chi connectivity index (χ2n) is 4.52. The summed E-state index contributed by atoms with van der Waals surface area (Å²) in [6.45, 7) is 1.41. The Kier molecular flexibility index (Phi) is 5.29. The van der Waals surface area contributed by atoms with E-state index >= 15 is 0 Å². The SMILES string of the molecule is N/C=C(\C=C(/N)Cl)NCc1ccc(Cn2cccn2)cc1. The molecule has 0 amide bonds. The van der Waals surface area contributed by atoms with Crippen LogP contribution in [-0.4, -0.2) is 9.78 Å². The zero-order valence-corrected chi connectivity index (χ0v) is 12.3. The molecule has 21 heavy (non-hydrogen) atoms. The Labute approximate surface area is 128 Å². The molecule has 0 saturated heterocycles. The maximum Gasteiger partial charge on any atom is 0.101 e. The van der Waals surface area contributed by atoms with Crippen LogP contribution in [0.2, 0.25) is 0 Å². The zero-order valence-electron chi connectivity index (χ0n) is 11.5. The van der Waals surface area contributed by atoms with Crippen molar-refractivity contribution in [3.05, 3.63) is 77.0 Å². The second-order valence-corrected chi connectivity index (χ2v) is 4.96. The number of hydrogen-bond donors (Lipinski definition) is 3. The van der Waals surface area contributed by atoms with E-state index in [0.29, 0.717) is 12.2 Å². The summed E-state index contributed by atoms with van der Waals surface area (Å²) in [6, 6.07) is 10.2. The van der Waals surface area contributed by atoms with Crippen molar-refractivity contribution < 1.29 is 0 Å². The molecule has 2 aromatic rings. The summed E-state index contributed by atoms with van der Waals surface area (Å²) in [5, 5.41) is 7.53. The maximum atomic E-state index is 5.62. The molecule has 0 aliphatic heterocycles. The van der Waals surface area contributed by atoms with Gasteiger partial charge < -0.3 is 16.8 Å². The number of benzene rings is 1. The smallest absolute Gasteiger partial charge is 0.101 e. The number of hydrogen-bond acceptors (Lipinski definition) is 4. The van der Waals surface area contributed by atoms with E-state index in [1.165, 1.54) is 11.8 Å². The normalized spacial score (nSPS) is 12.4. The van der Waals surface area contributed by atoms with Crippen LogP contribution in [0.4, 0.5) is 0 Å². The predicted octanol–water partition coefficient (Wildman–Crippen LogP) is 1.86. The van der Waals surface area contributed by atoms with Crippen LogP contribution in [0.3, 0.4) is 0 Å². The quantitative estimate of drug-likeness (QED) is 0.562. The Bertz CT molecular complexity index is 610. The lowest BCUT2D eigenvalue weighted by atomic mass is 10.1. The summed E-state index contributed by atoms with van der Waals surface area (Å²) in [5.41, 5.74) is 13.9. The Morgan fingerprint density at radius 1 is 1.29 bits per heavy atom. The van der Waals surface area contributed by atoms with Crippen molar-refractivity contribution >= 4 is 11.6 Å². The predicted molar refractivity (Wildman–Crippen MR) is 85.0 cm³/mol. The largest absolute Gasteiger partial charge is 0.403 e. The monoisotopic (exact) mass is 303 g/mol. The maximum absolute atomic E-state index is 5.62. The van der Waals surface area contributed by atoms with Crippen molar-refractivity contribution in [1.29, 1.82) is 0 Å². The molecular weight excluding hydrogens is 286 g/mol. The third kappa shape index (κ3) is 4.89. The van der Waals surface area contributed by atoms with Gasteiger partial charge in [-0.3, -0.25) is 4.68 Å². The van der Waals surface area contributed by atoms with Crippen LogP contribution in [0, 0.1) is 0 Å². The number of nitrogens with one attached hydrogen (secondary N) is 1. The van der Waals surface area contributed by atoms with E-state index < -0.39 is 0 Å². The van der Waals surface area contributed by atoms with Gasteiger partial charge in [-0.2, -0.15) is 5.10 Å². The van der Waals surface area contributed by atoms with Gasteiger partial charge in [-0.15, -0.1) is 0 Å². The summed E-state index contributed by atoms with van der Waals surface area (Å²) in [4.78, 5) is 0. The van der Waals surface area contributed by atoms with Crippen molar-refractivity contribution in [2.75, 3.05) is 0 Å². The molecule has 1 heterocycles. The number of halogens is 1. The molecule has 0 radical (unpaired) electrons. The van der Waals surface area contributed by atoms with E-state index in [9.17, 15) is 0 Å². The Morgan fingerprint density at radius 2 is 2.00 bits per heavy atom. The highest BCUT2D eigenvalue weighted by Crippen LogP contribution is 2.07. The van der Waals surface area contributed by atoms with Crippen molar-refractivity contribution in [2.45, 2.75) is 13.1 Å². The molecule has 0 spiro atoms. The van der Waals surface area contributed by atoms with Crippen LogP contribution in [0.25, 0.3) is 0 Å². The van der Waals surface area contributed by atoms with E-state index in [2.05, 4.69) is 34.7 Å². The van der Waals surface area contributed by atoms with Crippen molar-refractivity contribution in [2.24, 2.45) is 11.5 Å². The molecule has 0 atom stereocenters. The number of nitrogens with two attached hydrogens (primary N) is 2. The van der Waals surface area contributed by atoms with Gasteiger partial charge >= 0.3 is 0 Å². The number of aromatic nitrogens is 2. The van der Waals surface area contributed by atoms with Crippen LogP contribution in [0.1, 0.15) is 11.1 Å². The topological polar surface area (TPSA) is 81.9 Å². The third-order valence-electron chi connectivity index (χ3n) is 2.90. The number of nitrogens with zero attached hydrogens (tertiary/aromatic N) is 2. The summed E-state index contributed by atoms with van der Waals surface area (Å²) in [7, 11) is 0. The van der Waals surface area contributed by atoms with Gasteiger partial charge in [-0.1, -0.05) is 35.9 Å². The molecule has 2 rings (SSSR count). The Balaban J connectivity index is 1.92. The molecule has 5 N–H and O–H groups in total. The molecule has 0 saturated carbocycles. The van der Waals surface area contributed by atoms with Crippen molar-refractivity contribution in [3.8, 4) is 0 Å². The minimum absolute atomic E-state index is 0.189. The summed E-state index contributed by atoms with van der Waals surface area (Å²) in [6.07, 6.45) is 6.72. The van der Waals surface area contributed by atoms with Gasteiger partial charge in [-0.25, -0.2) is 0 Å². The molecule has 0 fully saturated rings. The molecule has 0 aliphatic carbocycles. The average molecular weight is 304 g/mol. The Hall–Kier alpha value is -2.40. The van der Waals surface area contributed by atoms with E-state index in [0.717, 1.165) is 12.1 Å². The Morgan fingerprint density at radius 3 is 2.57 bits per heavy atom. The van der Waals surface area contributed by atoms with Gasteiger partial charge in [-0.05, 0) is 23.3 Å². The standard InChI is InChI=1S/C15H18ClN5/c16-15(18)8-14(9-17)19-10-12-2-4-13(5-3-12)11-21-7-1-6-20-21/h1-9,19H,10-11,17-18H2/b14-9+,15-8-. The number of rotatable bonds is 6. The average Bonchev–Trinajstić information content (AvgIpc) is 2.97. The number of allylic oxidation sites excluding steroid dienone is 1. The molecule has 5 nitrogen and oxygen atoms in total. The van der Waals surface area contributed by atoms with Gasteiger partial charge in [0.1, 0.15) is 5.16 Å². The van der Waals surface area contributed by atoms with Crippen LogP contribution in [0.5, 0.6) is 0 Å². The van der Waals surface area contributed by atoms with Crippen LogP contribution in [-0.2, 0) is 13.1 Å². The second kappa shape index (κ2) is 7.40. The van der Waals surface area contributed by atoms with Crippen LogP contribution < -0.4 is 16.8 Å². The molecule has 0 bridgehead atoms. The summed E-state index contributed by atoms with van der Waals surface area (Å²) >= 11 is 5.62. The molecular formula is C15H18ClN5. The lowest BCUT2D eigenvalue weighted by molar-refractivity contribution is 0.686. The van der Waals surface area contributed by atoms with Gasteiger partial charge in [0, 0.05) is 25.1 Å². The van der Waals surface area contributed by atoms with Gasteiger partial charge in [0.05, 0.1) is 12.2 Å². The molecule has 6 heteroatoms. The minimum atomic E-state index is 0.189. The minimum Gasteiger partial charge on any atom is -0.403 e. The third-order valence-corrected chi connectivity index (χ3v) is 3.01. The van der Waals surface area contributed by atoms with Crippen molar-refractivity contribution in [1.82, 2.24) is 15.1 Å². The highest BCUT2D eigenvalue weighted by Gasteiger charge is 1.98. The fourth-order valence-electron chi connectivity index (χ4n) is 1.85. The summed E-state index contributed by atoms with van der Waals surface area (Å²) in [5.74, 6) is 0. The lowest BCUT2D eigenvalue weighted by Gasteiger charge is -2.08. The molecule has 110 valence electrons. The van der Waals surface area contributed by atoms with E-state index in [1.807, 2.05) is 16.9 Å². The van der Waals surface area contributed by atoms with E-state index in [4.69, 9.17) is 23.1 Å². The van der Waals surface area contributed by atoms with Crippen LogP contribution in [0.15, 0.2) is 65.9 Å². The fraction of sp³-hybridized carbons (Fsp3) is 0.133. The highest BCUT2D eigenvalue weighted by molar-refractivity contribution is 6.29. The van der Waals surface area contributed by atoms with Crippen LogP contribution >= 0.6 is 11.6 Å². The summed E-state index contributed by atoms with van der Waals surface area (Å²) < 4.78 is 1.89. The van der Waals surface area contributed by atoms with E-state index in [1.54, 1.807) is 12.3 Å². The first-order valence-electron chi connectivity index (χ1n) is 6.51. The van der Waals surface area contributed by atoms with E-state index in [-0.39, 0.29) is 5.16 Å². The van der Waals surface area contributed by atoms with Gasteiger partial charge in [0.2, 0.25) is 0 Å². The fourth-order valence-corrected chi connectivity index (χ4v) is 1.97. The molecule has 0 unspecified atom stereocenters. The molecule has 1 aromatic carbocycles. The first-order chi connectivity index (χ1) is 10.2. The first-order valence-corrected chi connectivity index (χ1v) is 6.89.